The van der Waals surface area contributed by atoms with E-state index < -0.39 is 0 Å². The minimum Gasteiger partial charge on any atom is -0.368 e. The van der Waals surface area contributed by atoms with E-state index >= 15 is 0 Å². The second-order valence-electron chi connectivity index (χ2n) is 6.72. The minimum atomic E-state index is -0.204. The molecule has 1 aliphatic carbocycles. The van der Waals surface area contributed by atoms with E-state index in [-0.39, 0.29) is 12.0 Å². The van der Waals surface area contributed by atoms with Crippen LogP contribution in [0.5, 0.6) is 0 Å². The van der Waals surface area contributed by atoms with Crippen molar-refractivity contribution in [2.24, 2.45) is 0 Å². The Bertz CT molecular complexity index is 526. The second kappa shape index (κ2) is 5.99. The summed E-state index contributed by atoms with van der Waals surface area (Å²) in [6, 6.07) is 0. The van der Waals surface area contributed by atoms with Gasteiger partial charge in [0.15, 0.2) is 5.82 Å². The average molecular weight is 305 g/mol. The van der Waals surface area contributed by atoms with Gasteiger partial charge in [0.2, 0.25) is 5.89 Å². The number of ether oxygens (including phenoxy) is 1. The van der Waals surface area contributed by atoms with Gasteiger partial charge in [-0.15, -0.1) is 0 Å². The molecule has 0 spiro atoms. The molecule has 3 aliphatic rings. The number of hydrogen-bond donors (Lipinski definition) is 0. The van der Waals surface area contributed by atoms with Crippen LogP contribution >= 0.6 is 0 Å². The van der Waals surface area contributed by atoms with E-state index in [9.17, 15) is 4.79 Å². The Balaban J connectivity index is 1.33. The first-order valence-electron chi connectivity index (χ1n) is 8.55. The summed E-state index contributed by atoms with van der Waals surface area (Å²) in [5.74, 6) is 2.63. The van der Waals surface area contributed by atoms with Gasteiger partial charge in [0.25, 0.3) is 5.91 Å². The Hall–Kier alpha value is -1.43. The van der Waals surface area contributed by atoms with Gasteiger partial charge in [-0.3, -0.25) is 4.79 Å². The molecule has 1 atom stereocenters. The van der Waals surface area contributed by atoms with Crippen LogP contribution in [0.25, 0.3) is 0 Å². The van der Waals surface area contributed by atoms with Gasteiger partial charge in [0, 0.05) is 31.5 Å². The van der Waals surface area contributed by atoms with Crippen LogP contribution < -0.4 is 0 Å². The molecule has 22 heavy (non-hydrogen) atoms. The normalized spacial score (nSPS) is 27.1. The fourth-order valence-electron chi connectivity index (χ4n) is 3.57. The Kier molecular flexibility index (Phi) is 3.86. The predicted octanol–water partition coefficient (Wildman–Crippen LogP) is 2.22. The summed E-state index contributed by atoms with van der Waals surface area (Å²) in [6.45, 7) is 2.26. The smallest absolute Gasteiger partial charge is 0.251 e. The lowest BCUT2D eigenvalue weighted by atomic mass is 9.85. The lowest BCUT2D eigenvalue weighted by molar-refractivity contribution is -0.142. The SMILES string of the molecule is O=C(C1CCCO1)N1CCC(c2nc(C3CCC3)no2)CC1. The quantitative estimate of drug-likeness (QED) is 0.856. The highest BCUT2D eigenvalue weighted by Gasteiger charge is 2.33. The number of carbonyl (C=O) groups excluding carboxylic acids is 1. The largest absolute Gasteiger partial charge is 0.368 e. The molecule has 1 unspecified atom stereocenters. The number of nitrogens with zero attached hydrogens (tertiary/aromatic N) is 3. The Labute approximate surface area is 130 Å². The van der Waals surface area contributed by atoms with Crippen molar-refractivity contribution in [3.8, 4) is 0 Å². The van der Waals surface area contributed by atoms with Crippen molar-refractivity contribution < 1.29 is 14.1 Å². The van der Waals surface area contributed by atoms with E-state index in [2.05, 4.69) is 10.1 Å². The predicted molar refractivity (Wildman–Crippen MR) is 78.4 cm³/mol. The maximum absolute atomic E-state index is 12.3. The summed E-state index contributed by atoms with van der Waals surface area (Å²) in [4.78, 5) is 18.9. The van der Waals surface area contributed by atoms with Gasteiger partial charge in [-0.05, 0) is 38.5 Å². The maximum atomic E-state index is 12.3. The van der Waals surface area contributed by atoms with Crippen molar-refractivity contribution in [2.75, 3.05) is 19.7 Å². The molecule has 0 N–H and O–H groups in total. The van der Waals surface area contributed by atoms with Crippen LogP contribution in [0.3, 0.4) is 0 Å². The molecule has 2 saturated heterocycles. The molecule has 1 saturated carbocycles. The van der Waals surface area contributed by atoms with Gasteiger partial charge in [0.1, 0.15) is 6.10 Å². The van der Waals surface area contributed by atoms with Gasteiger partial charge in [-0.1, -0.05) is 11.6 Å². The molecule has 6 nitrogen and oxygen atoms in total. The van der Waals surface area contributed by atoms with Crippen molar-refractivity contribution in [3.05, 3.63) is 11.7 Å². The first-order chi connectivity index (χ1) is 10.8. The molecule has 2 aliphatic heterocycles. The van der Waals surface area contributed by atoms with Crippen LogP contribution in [0.2, 0.25) is 0 Å². The van der Waals surface area contributed by atoms with E-state index in [1.807, 2.05) is 4.90 Å². The van der Waals surface area contributed by atoms with Crippen molar-refractivity contribution in [3.63, 3.8) is 0 Å². The highest BCUT2D eigenvalue weighted by Crippen LogP contribution is 2.36. The van der Waals surface area contributed by atoms with Crippen molar-refractivity contribution in [1.82, 2.24) is 15.0 Å². The van der Waals surface area contributed by atoms with Crippen LogP contribution in [0.1, 0.15) is 68.5 Å². The number of likely N-dealkylation sites (tertiary alicyclic amines) is 1. The number of hydrogen-bond acceptors (Lipinski definition) is 5. The van der Waals surface area contributed by atoms with Crippen molar-refractivity contribution >= 4 is 5.91 Å². The van der Waals surface area contributed by atoms with Gasteiger partial charge in [-0.25, -0.2) is 0 Å². The molecule has 4 rings (SSSR count). The highest BCUT2D eigenvalue weighted by molar-refractivity contribution is 5.81. The van der Waals surface area contributed by atoms with Crippen LogP contribution in [-0.2, 0) is 9.53 Å². The summed E-state index contributed by atoms with van der Waals surface area (Å²) < 4.78 is 11.0. The lowest BCUT2D eigenvalue weighted by Crippen LogP contribution is -2.43. The van der Waals surface area contributed by atoms with Gasteiger partial charge < -0.3 is 14.2 Å². The molecule has 3 fully saturated rings. The zero-order valence-corrected chi connectivity index (χ0v) is 12.9. The number of amides is 1. The lowest BCUT2D eigenvalue weighted by Gasteiger charge is -2.31. The minimum absolute atomic E-state index is 0.164. The number of piperidine rings is 1. The zero-order chi connectivity index (χ0) is 14.9. The first kappa shape index (κ1) is 14.2. The Morgan fingerprint density at radius 2 is 1.86 bits per heavy atom. The fraction of sp³-hybridized carbons (Fsp3) is 0.812. The number of aromatic nitrogens is 2. The van der Waals surface area contributed by atoms with Gasteiger partial charge in [-0.2, -0.15) is 4.98 Å². The summed E-state index contributed by atoms with van der Waals surface area (Å²) in [5.41, 5.74) is 0. The molecular formula is C16H23N3O3. The summed E-state index contributed by atoms with van der Waals surface area (Å²) in [6.07, 6.45) is 7.13. The summed E-state index contributed by atoms with van der Waals surface area (Å²) >= 11 is 0. The standard InChI is InChI=1S/C16H23N3O3/c20-16(13-5-2-10-21-13)19-8-6-12(7-9-19)15-17-14(18-22-15)11-3-1-4-11/h11-13H,1-10H2. The number of rotatable bonds is 3. The molecular weight excluding hydrogens is 282 g/mol. The average Bonchev–Trinajstić information content (AvgIpc) is 3.17. The topological polar surface area (TPSA) is 68.5 Å². The summed E-state index contributed by atoms with van der Waals surface area (Å²) in [5, 5.41) is 4.14. The molecule has 6 heteroatoms. The monoisotopic (exact) mass is 305 g/mol. The summed E-state index contributed by atoms with van der Waals surface area (Å²) in [7, 11) is 0. The molecule has 1 aromatic heterocycles. The second-order valence-corrected chi connectivity index (χ2v) is 6.72. The Morgan fingerprint density at radius 3 is 2.50 bits per heavy atom. The first-order valence-corrected chi connectivity index (χ1v) is 8.55. The van der Waals surface area contributed by atoms with Crippen LogP contribution in [0.15, 0.2) is 4.52 Å². The molecule has 0 bridgehead atoms. The van der Waals surface area contributed by atoms with E-state index in [1.165, 1.54) is 19.3 Å². The van der Waals surface area contributed by atoms with Gasteiger partial charge >= 0.3 is 0 Å². The van der Waals surface area contributed by atoms with E-state index in [0.29, 0.717) is 11.8 Å². The van der Waals surface area contributed by atoms with Crippen molar-refractivity contribution in [1.29, 1.82) is 0 Å². The zero-order valence-electron chi connectivity index (χ0n) is 12.9. The van der Waals surface area contributed by atoms with E-state index in [1.54, 1.807) is 0 Å². The maximum Gasteiger partial charge on any atom is 0.251 e. The third-order valence-electron chi connectivity index (χ3n) is 5.29. The van der Waals surface area contributed by atoms with Crippen LogP contribution in [0, 0.1) is 0 Å². The third kappa shape index (κ3) is 2.64. The van der Waals surface area contributed by atoms with Gasteiger partial charge in [0.05, 0.1) is 0 Å². The third-order valence-corrected chi connectivity index (χ3v) is 5.29. The fourth-order valence-corrected chi connectivity index (χ4v) is 3.57. The van der Waals surface area contributed by atoms with Crippen LogP contribution in [-0.4, -0.2) is 46.7 Å². The number of carbonyl (C=O) groups is 1. The van der Waals surface area contributed by atoms with E-state index in [0.717, 1.165) is 57.1 Å². The molecule has 0 aromatic carbocycles. The molecule has 1 amide bonds. The molecule has 120 valence electrons. The van der Waals surface area contributed by atoms with Crippen LogP contribution in [0.4, 0.5) is 0 Å². The molecule has 0 radical (unpaired) electrons. The highest BCUT2D eigenvalue weighted by atomic mass is 16.5. The van der Waals surface area contributed by atoms with Crippen molar-refractivity contribution in [2.45, 2.75) is 62.9 Å². The molecule has 3 heterocycles. The van der Waals surface area contributed by atoms with E-state index in [4.69, 9.17) is 9.26 Å². The molecule has 1 aromatic rings. The Morgan fingerprint density at radius 1 is 1.05 bits per heavy atom.